The number of rotatable bonds is 1. The molecule has 0 aliphatic carbocycles. The summed E-state index contributed by atoms with van der Waals surface area (Å²) in [5.74, 6) is -0.457. The van der Waals surface area contributed by atoms with Crippen LogP contribution in [0.25, 0.3) is 11.0 Å². The van der Waals surface area contributed by atoms with E-state index < -0.39 is 12.0 Å². The third-order valence-electron chi connectivity index (χ3n) is 1.92. The van der Waals surface area contributed by atoms with E-state index in [2.05, 4.69) is 5.10 Å². The lowest BCUT2D eigenvalue weighted by molar-refractivity contribution is -0.672. The summed E-state index contributed by atoms with van der Waals surface area (Å²) in [5, 5.41) is 28.3. The average Bonchev–Trinajstić information content (AvgIpc) is 2.25. The van der Waals surface area contributed by atoms with E-state index in [1.165, 1.54) is 12.1 Å². The molecule has 1 heterocycles. The van der Waals surface area contributed by atoms with Gasteiger partial charge in [0.25, 0.3) is 5.52 Å². The summed E-state index contributed by atoms with van der Waals surface area (Å²) in [5.41, 5.74) is 5.03. The summed E-state index contributed by atoms with van der Waals surface area (Å²) in [6.07, 6.45) is 0. The molecule has 0 radical (unpaired) electrons. The van der Waals surface area contributed by atoms with Crippen LogP contribution in [0.1, 0.15) is 0 Å². The molecular formula is C8H7N5O3. The molecule has 82 valence electrons. The molecule has 1 aromatic carbocycles. The molecule has 1 aromatic heterocycles. The lowest BCUT2D eigenvalue weighted by Gasteiger charge is -2.07. The van der Waals surface area contributed by atoms with Gasteiger partial charge < -0.3 is 16.1 Å². The molecule has 3 N–H and O–H groups in total. The Balaban J connectivity index is 2.70. The smallest absolute Gasteiger partial charge is 0.469 e. The number of nitrogens with one attached hydrogen (secondary N) is 1. The number of primary amides is 1. The fraction of sp³-hybridized carbons (Fsp3) is 0. The fourth-order valence-corrected chi connectivity index (χ4v) is 1.28. The Morgan fingerprint density at radius 1 is 1.31 bits per heavy atom. The maximum absolute atomic E-state index is 11.6. The van der Waals surface area contributed by atoms with Gasteiger partial charge >= 0.3 is 12.0 Å². The Morgan fingerprint density at radius 2 is 1.94 bits per heavy atom. The van der Waals surface area contributed by atoms with Crippen molar-refractivity contribution in [2.75, 3.05) is 5.32 Å². The minimum Gasteiger partial charge on any atom is -0.739 e. The lowest BCUT2D eigenvalue weighted by atomic mass is 10.3. The molecule has 16 heavy (non-hydrogen) atoms. The van der Waals surface area contributed by atoms with E-state index in [0.717, 1.165) is 0 Å². The second-order valence-electron chi connectivity index (χ2n) is 2.97. The summed E-state index contributed by atoms with van der Waals surface area (Å²) in [7, 11) is 0. The van der Waals surface area contributed by atoms with Crippen LogP contribution >= 0.6 is 0 Å². The number of carbonyl (C=O) groups is 1. The van der Waals surface area contributed by atoms with E-state index >= 15 is 0 Å². The first-order valence-corrected chi connectivity index (χ1v) is 4.28. The van der Waals surface area contributed by atoms with Crippen molar-refractivity contribution >= 4 is 23.0 Å². The van der Waals surface area contributed by atoms with Gasteiger partial charge in [-0.3, -0.25) is 0 Å². The summed E-state index contributed by atoms with van der Waals surface area (Å²) in [4.78, 5) is 10.8. The number of carbonyl (C=O) groups excluding carboxylic acids is 1. The molecule has 0 saturated carbocycles. The van der Waals surface area contributed by atoms with Crippen molar-refractivity contribution < 1.29 is 14.4 Å². The molecule has 0 bridgehead atoms. The molecule has 2 rings (SSSR count). The molecule has 0 atom stereocenters. The molecule has 2 amide bonds. The molecular weight excluding hydrogens is 214 g/mol. The van der Waals surface area contributed by atoms with Crippen molar-refractivity contribution in [2.45, 2.75) is 0 Å². The minimum absolute atomic E-state index is 0.0938. The van der Waals surface area contributed by atoms with Gasteiger partial charge in [-0.2, -0.15) is 5.32 Å². The first-order valence-electron chi connectivity index (χ1n) is 4.28. The first-order chi connectivity index (χ1) is 7.59. The van der Waals surface area contributed by atoms with Crippen LogP contribution in [0.2, 0.25) is 0 Å². The number of aromatic nitrogens is 3. The van der Waals surface area contributed by atoms with Crippen LogP contribution in [0.5, 0.6) is 0 Å². The lowest BCUT2D eigenvalue weighted by Crippen LogP contribution is -2.45. The average molecular weight is 221 g/mol. The molecule has 0 aliphatic heterocycles. The zero-order valence-corrected chi connectivity index (χ0v) is 7.95. The highest BCUT2D eigenvalue weighted by Gasteiger charge is 2.20. The van der Waals surface area contributed by atoms with Crippen molar-refractivity contribution in [1.29, 1.82) is 0 Å². The number of amides is 2. The third-order valence-corrected chi connectivity index (χ3v) is 1.92. The van der Waals surface area contributed by atoms with E-state index in [-0.39, 0.29) is 15.9 Å². The zero-order chi connectivity index (χ0) is 11.7. The second-order valence-corrected chi connectivity index (χ2v) is 2.97. The highest BCUT2D eigenvalue weighted by atomic mass is 16.5. The monoisotopic (exact) mass is 221 g/mol. The quantitative estimate of drug-likeness (QED) is 0.473. The Morgan fingerprint density at radius 3 is 2.56 bits per heavy atom. The molecule has 0 fully saturated rings. The van der Waals surface area contributed by atoms with Gasteiger partial charge in [-0.1, -0.05) is 12.1 Å². The molecule has 8 nitrogen and oxygen atoms in total. The number of urea groups is 1. The predicted molar refractivity (Wildman–Crippen MR) is 52.9 cm³/mol. The topological polar surface area (TPSA) is 122 Å². The van der Waals surface area contributed by atoms with Crippen LogP contribution in [0.3, 0.4) is 0 Å². The van der Waals surface area contributed by atoms with Gasteiger partial charge in [-0.05, 0) is 6.07 Å². The van der Waals surface area contributed by atoms with Crippen molar-refractivity contribution in [1.82, 2.24) is 5.10 Å². The predicted octanol–water partition coefficient (Wildman–Crippen LogP) is -1.01. The van der Waals surface area contributed by atoms with Crippen molar-refractivity contribution in [3.05, 3.63) is 34.7 Å². The fourth-order valence-electron chi connectivity index (χ4n) is 1.28. The van der Waals surface area contributed by atoms with Gasteiger partial charge in [0.2, 0.25) is 5.10 Å². The third kappa shape index (κ3) is 1.52. The summed E-state index contributed by atoms with van der Waals surface area (Å²) < 4.78 is 0.328. The largest absolute Gasteiger partial charge is 0.739 e. The van der Waals surface area contributed by atoms with Crippen LogP contribution in [-0.2, 0) is 0 Å². The van der Waals surface area contributed by atoms with Gasteiger partial charge in [0.1, 0.15) is 0 Å². The van der Waals surface area contributed by atoms with Crippen LogP contribution in [0, 0.1) is 10.4 Å². The number of hydrogen-bond acceptors (Lipinski definition) is 4. The summed E-state index contributed by atoms with van der Waals surface area (Å²) in [6.45, 7) is 0. The van der Waals surface area contributed by atoms with E-state index in [4.69, 9.17) is 5.73 Å². The summed E-state index contributed by atoms with van der Waals surface area (Å²) in [6, 6.07) is 5.10. The van der Waals surface area contributed by atoms with Crippen LogP contribution in [0.15, 0.2) is 24.3 Å². The van der Waals surface area contributed by atoms with Gasteiger partial charge in [-0.15, -0.1) is 0 Å². The molecule has 0 saturated heterocycles. The molecule has 0 aliphatic rings. The normalized spacial score (nSPS) is 10.2. The number of fused-ring (bicyclic) bond motifs is 1. The maximum Gasteiger partial charge on any atom is 0.469 e. The van der Waals surface area contributed by atoms with Crippen molar-refractivity contribution in [2.24, 2.45) is 5.73 Å². The number of nitrogens with zero attached hydrogens (tertiary/aromatic N) is 3. The van der Waals surface area contributed by atoms with E-state index in [1.54, 1.807) is 12.1 Å². The Hall–Kier alpha value is -2.64. The number of anilines is 1. The number of benzene rings is 1. The highest BCUT2D eigenvalue weighted by molar-refractivity contribution is 5.85. The first kappa shape index (κ1) is 9.90. The standard InChI is InChI=1S/C8H7N5O3/c9-7(14)10-8-11-13(16)6-4-2-1-3-5(6)12(8)15/h1-4H,(H3,9,10,11,14). The van der Waals surface area contributed by atoms with E-state index in [0.29, 0.717) is 4.73 Å². The molecule has 2 aromatic rings. The van der Waals surface area contributed by atoms with Crippen LogP contribution in [-0.4, -0.2) is 11.1 Å². The SMILES string of the molecule is NC(=O)Nc1n[n+]([O-])c2ccccc2[n+]1[O-]. The number of para-hydroxylation sites is 2. The second kappa shape index (κ2) is 3.50. The van der Waals surface area contributed by atoms with E-state index in [9.17, 15) is 15.2 Å². The molecule has 0 spiro atoms. The van der Waals surface area contributed by atoms with Gasteiger partial charge in [0.05, 0.1) is 0 Å². The number of nitrogens with two attached hydrogens (primary N) is 1. The maximum atomic E-state index is 11.6. The van der Waals surface area contributed by atoms with Crippen molar-refractivity contribution in [3.63, 3.8) is 0 Å². The number of hydrogen-bond donors (Lipinski definition) is 2. The van der Waals surface area contributed by atoms with Crippen molar-refractivity contribution in [3.8, 4) is 0 Å². The van der Waals surface area contributed by atoms with Gasteiger partial charge in [-0.25, -0.2) is 9.52 Å². The Bertz CT molecular complexity index is 571. The van der Waals surface area contributed by atoms with Crippen LogP contribution in [0.4, 0.5) is 10.7 Å². The Labute approximate surface area is 89.1 Å². The van der Waals surface area contributed by atoms with Gasteiger partial charge in [0, 0.05) is 10.9 Å². The molecule has 0 unspecified atom stereocenters. The van der Waals surface area contributed by atoms with Gasteiger partial charge in [0.15, 0.2) is 5.52 Å². The zero-order valence-electron chi connectivity index (χ0n) is 7.95. The van der Waals surface area contributed by atoms with E-state index in [1.807, 2.05) is 5.32 Å². The Kier molecular flexibility index (Phi) is 2.16. The summed E-state index contributed by atoms with van der Waals surface area (Å²) >= 11 is 0. The van der Waals surface area contributed by atoms with Crippen LogP contribution < -0.4 is 20.6 Å². The molecule has 8 heteroatoms. The minimum atomic E-state index is -0.965. The highest BCUT2D eigenvalue weighted by Crippen LogP contribution is 2.04.